The molecule has 96 heavy (non-hydrogen) atoms. The molecule has 0 unspecified atom stereocenters. The monoisotopic (exact) mass is 1300 g/mol. The number of rotatable bonds is 4. The van der Waals surface area contributed by atoms with E-state index < -0.39 is 0 Å². The summed E-state index contributed by atoms with van der Waals surface area (Å²) in [6, 6.07) is 73.5. The minimum Gasteiger partial charge on any atom is -0.508 e. The van der Waals surface area contributed by atoms with Crippen LogP contribution in [0.2, 0.25) is 0 Å². The Morgan fingerprint density at radius 2 is 0.385 bits per heavy atom. The van der Waals surface area contributed by atoms with Gasteiger partial charge in [-0.1, -0.05) is 348 Å². The Kier molecular flexibility index (Phi) is 55.6. The Labute approximate surface area is 580 Å². The number of phenolic OH excluding ortho intramolecular Hbond substituents is 8. The molecule has 0 amide bonds. The fourth-order valence-electron chi connectivity index (χ4n) is 8.79. The zero-order chi connectivity index (χ0) is 74.1. The number of aromatic hydroxyl groups is 8. The summed E-state index contributed by atoms with van der Waals surface area (Å²) < 4.78 is 0. The third-order valence-electron chi connectivity index (χ3n) is 12.3. The average Bonchev–Trinajstić information content (AvgIpc) is 0.774. The van der Waals surface area contributed by atoms with Crippen LogP contribution in [0.1, 0.15) is 166 Å². The van der Waals surface area contributed by atoms with E-state index in [4.69, 9.17) is 10.2 Å². The van der Waals surface area contributed by atoms with E-state index in [2.05, 4.69) is 0 Å². The van der Waals surface area contributed by atoms with Crippen LogP contribution in [0.25, 0.3) is 87.6 Å². The van der Waals surface area contributed by atoms with Gasteiger partial charge in [0.2, 0.25) is 0 Å². The fraction of sp³-hybridized carbons (Fsp3) is 0.273. The smallest absolute Gasteiger partial charge is 0.124 e. The molecule has 12 aromatic carbocycles. The number of para-hydroxylation sites is 2. The molecule has 0 heterocycles. The van der Waals surface area contributed by atoms with Crippen LogP contribution in [-0.2, 0) is 0 Å². The van der Waals surface area contributed by atoms with E-state index in [1.807, 2.05) is 324 Å². The zero-order valence-electron chi connectivity index (χ0n) is 62.7. The highest BCUT2D eigenvalue weighted by atomic mass is 16.3. The predicted molar refractivity (Wildman–Crippen MR) is 427 cm³/mol. The van der Waals surface area contributed by atoms with E-state index in [0.717, 1.165) is 65.3 Å². The first-order valence-electron chi connectivity index (χ1n) is 35.0. The van der Waals surface area contributed by atoms with Crippen LogP contribution in [-0.4, -0.2) is 40.9 Å². The summed E-state index contributed by atoms with van der Waals surface area (Å²) in [5.41, 5.74) is 6.76. The van der Waals surface area contributed by atoms with E-state index >= 15 is 0 Å². The number of hydrogen-bond acceptors (Lipinski definition) is 8. The van der Waals surface area contributed by atoms with Gasteiger partial charge in [-0.15, -0.1) is 0 Å². The molecule has 0 bridgehead atoms. The van der Waals surface area contributed by atoms with Gasteiger partial charge in [-0.2, -0.15) is 0 Å². The van der Waals surface area contributed by atoms with Gasteiger partial charge >= 0.3 is 0 Å². The molecule has 8 nitrogen and oxygen atoms in total. The second-order valence-electron chi connectivity index (χ2n) is 16.8. The molecule has 8 heteroatoms. The van der Waals surface area contributed by atoms with Gasteiger partial charge in [-0.05, 0) is 115 Å². The van der Waals surface area contributed by atoms with Crippen molar-refractivity contribution in [3.8, 4) is 90.5 Å². The Hall–Kier alpha value is -9.92. The predicted octanol–water partition coefficient (Wildman–Crippen LogP) is 28.0. The Morgan fingerprint density at radius 1 is 0.156 bits per heavy atom. The van der Waals surface area contributed by atoms with Crippen molar-refractivity contribution in [1.29, 1.82) is 0 Å². The minimum absolute atomic E-state index is 0.172. The van der Waals surface area contributed by atoms with Crippen molar-refractivity contribution in [2.45, 2.75) is 166 Å². The van der Waals surface area contributed by atoms with E-state index in [1.165, 1.54) is 0 Å². The quantitative estimate of drug-likeness (QED) is 0.0864. The van der Waals surface area contributed by atoms with Crippen molar-refractivity contribution in [3.63, 3.8) is 0 Å². The first kappa shape index (κ1) is 92.5. The van der Waals surface area contributed by atoms with Crippen molar-refractivity contribution in [2.75, 3.05) is 0 Å². The molecular formula is C88H120O8. The van der Waals surface area contributed by atoms with Crippen molar-refractivity contribution >= 4 is 43.1 Å². The molecular weight excluding hydrogens is 1180 g/mol. The van der Waals surface area contributed by atoms with E-state index in [0.29, 0.717) is 22.3 Å². The highest BCUT2D eigenvalue weighted by molar-refractivity contribution is 6.10. The van der Waals surface area contributed by atoms with Gasteiger partial charge in [-0.3, -0.25) is 0 Å². The number of fused-ring (bicyclic) bond motifs is 4. The summed E-state index contributed by atoms with van der Waals surface area (Å²) in [5, 5.41) is 85.9. The van der Waals surface area contributed by atoms with Crippen molar-refractivity contribution in [2.24, 2.45) is 0 Å². The maximum absolute atomic E-state index is 10.4. The standard InChI is InChI=1S/2C20H14O2.2C12H10O2.12C2H6/c21-19-11-9-15(13-5-1-3-7-17(13)19)16-10-12-20(22)18-8-4-2-6-14(16)18;21-17-11-9-13-5-1-3-7-15(13)19(17)20-16-8-4-2-6-14(16)10-12-18(20)22;13-11-5-1-9(2-6-11)10-3-7-12(14)8-4-10;13-11-7-3-1-5-9(11)10-6-2-4-8-12(10)14;12*1-2/h2*1-12,21-22H;2*1-8,13-14H;12*1-2H3. The highest BCUT2D eigenvalue weighted by Gasteiger charge is 2.17. The van der Waals surface area contributed by atoms with Crippen LogP contribution in [0.15, 0.2) is 243 Å². The zero-order valence-corrected chi connectivity index (χ0v) is 62.7. The van der Waals surface area contributed by atoms with Crippen molar-refractivity contribution < 1.29 is 40.9 Å². The Balaban J connectivity index is -0.000000538. The van der Waals surface area contributed by atoms with E-state index in [1.54, 1.807) is 84.9 Å². The second-order valence-corrected chi connectivity index (χ2v) is 16.8. The molecule has 0 radical (unpaired) electrons. The van der Waals surface area contributed by atoms with Crippen LogP contribution in [0.5, 0.6) is 46.0 Å². The van der Waals surface area contributed by atoms with Crippen molar-refractivity contribution in [3.05, 3.63) is 243 Å². The third-order valence-corrected chi connectivity index (χ3v) is 12.3. The van der Waals surface area contributed by atoms with Gasteiger partial charge in [0, 0.05) is 33.0 Å². The topological polar surface area (TPSA) is 162 Å². The van der Waals surface area contributed by atoms with Gasteiger partial charge < -0.3 is 40.9 Å². The van der Waals surface area contributed by atoms with Gasteiger partial charge in [0.05, 0.1) is 0 Å². The average molecular weight is 1310 g/mol. The van der Waals surface area contributed by atoms with Gasteiger partial charge in [0.15, 0.2) is 0 Å². The van der Waals surface area contributed by atoms with Crippen molar-refractivity contribution in [1.82, 2.24) is 0 Å². The molecule has 0 fully saturated rings. The summed E-state index contributed by atoms with van der Waals surface area (Å²) in [6.45, 7) is 48.0. The summed E-state index contributed by atoms with van der Waals surface area (Å²) in [7, 11) is 0. The lowest BCUT2D eigenvalue weighted by atomic mass is 9.92. The number of benzene rings is 12. The molecule has 0 aromatic heterocycles. The number of hydrogen-bond donors (Lipinski definition) is 8. The first-order chi connectivity index (χ1) is 47.0. The van der Waals surface area contributed by atoms with Crippen LogP contribution in [0.4, 0.5) is 0 Å². The van der Waals surface area contributed by atoms with E-state index in [-0.39, 0.29) is 46.0 Å². The van der Waals surface area contributed by atoms with E-state index in [9.17, 15) is 30.6 Å². The highest BCUT2D eigenvalue weighted by Crippen LogP contribution is 2.45. The molecule has 0 spiro atoms. The summed E-state index contributed by atoms with van der Waals surface area (Å²) >= 11 is 0. The Morgan fingerprint density at radius 3 is 0.667 bits per heavy atom. The van der Waals surface area contributed by atoms with Crippen LogP contribution in [0, 0.1) is 0 Å². The lowest BCUT2D eigenvalue weighted by Crippen LogP contribution is -1.86. The van der Waals surface area contributed by atoms with Crippen LogP contribution in [0.3, 0.4) is 0 Å². The largest absolute Gasteiger partial charge is 0.508 e. The summed E-state index contributed by atoms with van der Waals surface area (Å²) in [6.07, 6.45) is 0. The molecule has 0 atom stereocenters. The number of phenols is 8. The molecule has 12 rings (SSSR count). The summed E-state index contributed by atoms with van der Waals surface area (Å²) in [4.78, 5) is 0. The maximum atomic E-state index is 10.4. The molecule has 0 aliphatic carbocycles. The molecule has 520 valence electrons. The van der Waals surface area contributed by atoms with Crippen LogP contribution >= 0.6 is 0 Å². The first-order valence-corrected chi connectivity index (χ1v) is 35.0. The van der Waals surface area contributed by atoms with Gasteiger partial charge in [0.1, 0.15) is 46.0 Å². The lowest BCUT2D eigenvalue weighted by Gasteiger charge is -2.14. The molecule has 0 aliphatic heterocycles. The molecule has 0 saturated heterocycles. The van der Waals surface area contributed by atoms with Crippen LogP contribution < -0.4 is 0 Å². The minimum atomic E-state index is 0.172. The van der Waals surface area contributed by atoms with Gasteiger partial charge in [0.25, 0.3) is 0 Å². The molecule has 12 aromatic rings. The maximum Gasteiger partial charge on any atom is 0.124 e. The SMILES string of the molecule is CC.CC.CC.CC.CC.CC.CC.CC.CC.CC.CC.CC.Oc1ccc(-c2ccc(O)c3ccccc23)c2ccccc12.Oc1ccc(-c2ccc(O)cc2)cc1.Oc1ccc2ccccc2c1-c1c(O)ccc2ccccc12.Oc1ccccc1-c1ccccc1O. The lowest BCUT2D eigenvalue weighted by molar-refractivity contribution is 0.469. The van der Waals surface area contributed by atoms with Gasteiger partial charge in [-0.25, -0.2) is 0 Å². The molecule has 8 N–H and O–H groups in total. The Bertz CT molecular complexity index is 3600. The molecule has 0 aliphatic rings. The normalized spacial score (nSPS) is 8.75. The molecule has 0 saturated carbocycles. The second kappa shape index (κ2) is 57.7. The fourth-order valence-corrected chi connectivity index (χ4v) is 8.79. The summed E-state index contributed by atoms with van der Waals surface area (Å²) in [5.74, 6) is 1.77. The third kappa shape index (κ3) is 28.0.